The molecule has 5 heteroatoms. The lowest BCUT2D eigenvalue weighted by Gasteiger charge is -2.28. The minimum atomic E-state index is -1.14. The van der Waals surface area contributed by atoms with E-state index in [1.165, 1.54) is 0 Å². The molecule has 0 aromatic carbocycles. The molecule has 2 N–H and O–H groups in total. The van der Waals surface area contributed by atoms with Crippen molar-refractivity contribution in [1.82, 2.24) is 0 Å². The molecule has 0 atom stereocenters. The summed E-state index contributed by atoms with van der Waals surface area (Å²) in [6.45, 7) is 6.23. The van der Waals surface area contributed by atoms with E-state index in [1.54, 1.807) is 6.92 Å². The molecule has 0 fully saturated rings. The van der Waals surface area contributed by atoms with Gasteiger partial charge in [-0.3, -0.25) is 0 Å². The average Bonchev–Trinajstić information content (AvgIpc) is 1.85. The highest BCUT2D eigenvalue weighted by Gasteiger charge is 2.27. The summed E-state index contributed by atoms with van der Waals surface area (Å²) in [4.78, 5) is 0. The van der Waals surface area contributed by atoms with Gasteiger partial charge in [0.25, 0.3) is 5.17 Å². The SMILES string of the molecule is CCOC(C)(OCC)OC(N)=S. The lowest BCUT2D eigenvalue weighted by atomic mass is 10.6. The van der Waals surface area contributed by atoms with Gasteiger partial charge >= 0.3 is 5.97 Å². The monoisotopic (exact) mass is 193 g/mol. The summed E-state index contributed by atoms with van der Waals surface area (Å²) < 4.78 is 15.3. The first-order valence-corrected chi connectivity index (χ1v) is 4.21. The van der Waals surface area contributed by atoms with Crippen molar-refractivity contribution in [3.63, 3.8) is 0 Å². The predicted molar refractivity (Wildman–Crippen MR) is 49.5 cm³/mol. The number of hydrogen-bond acceptors (Lipinski definition) is 4. The largest absolute Gasteiger partial charge is 0.414 e. The Morgan fingerprint density at radius 1 is 1.33 bits per heavy atom. The van der Waals surface area contributed by atoms with Crippen molar-refractivity contribution in [1.29, 1.82) is 0 Å². The molecular formula is C7H15NO3S. The van der Waals surface area contributed by atoms with Crippen LogP contribution in [0.2, 0.25) is 0 Å². The Balaban J connectivity index is 4.07. The van der Waals surface area contributed by atoms with Gasteiger partial charge in [-0.2, -0.15) is 0 Å². The number of hydrogen-bond donors (Lipinski definition) is 1. The van der Waals surface area contributed by atoms with Gasteiger partial charge in [-0.1, -0.05) is 0 Å². The van der Waals surface area contributed by atoms with E-state index >= 15 is 0 Å². The fourth-order valence-electron chi connectivity index (χ4n) is 0.808. The first kappa shape index (κ1) is 11.6. The zero-order chi connectivity index (χ0) is 9.61. The minimum absolute atomic E-state index is 0.0839. The molecule has 12 heavy (non-hydrogen) atoms. The van der Waals surface area contributed by atoms with Crippen molar-refractivity contribution in [3.8, 4) is 0 Å². The second kappa shape index (κ2) is 5.29. The molecule has 0 rings (SSSR count). The topological polar surface area (TPSA) is 53.7 Å². The Morgan fingerprint density at radius 2 is 1.75 bits per heavy atom. The Bertz CT molecular complexity index is 146. The first-order valence-electron chi connectivity index (χ1n) is 3.80. The third-order valence-corrected chi connectivity index (χ3v) is 1.18. The maximum Gasteiger partial charge on any atom is 0.325 e. The van der Waals surface area contributed by atoms with E-state index in [4.69, 9.17) is 19.9 Å². The predicted octanol–water partition coefficient (Wildman–Crippen LogP) is 0.993. The molecule has 72 valence electrons. The zero-order valence-corrected chi connectivity index (χ0v) is 8.44. The molecule has 0 aliphatic heterocycles. The Kier molecular flexibility index (Phi) is 5.12. The van der Waals surface area contributed by atoms with Gasteiger partial charge in [-0.25, -0.2) is 0 Å². The maximum atomic E-state index is 5.19. The van der Waals surface area contributed by atoms with Crippen LogP contribution in [0.5, 0.6) is 0 Å². The molecule has 0 saturated carbocycles. The van der Waals surface area contributed by atoms with Crippen LogP contribution in [0.4, 0.5) is 0 Å². The van der Waals surface area contributed by atoms with Gasteiger partial charge < -0.3 is 19.9 Å². The van der Waals surface area contributed by atoms with Crippen LogP contribution in [-0.2, 0) is 14.2 Å². The third kappa shape index (κ3) is 4.48. The zero-order valence-electron chi connectivity index (χ0n) is 7.62. The standard InChI is InChI=1S/C7H15NO3S/c1-4-9-7(3,10-5-2)11-6(8)12/h4-5H2,1-3H3,(H2,8,12). The summed E-state index contributed by atoms with van der Waals surface area (Å²) in [6, 6.07) is 0. The fourth-order valence-corrected chi connectivity index (χ4v) is 0.959. The Labute approximate surface area is 78.0 Å². The van der Waals surface area contributed by atoms with Crippen molar-refractivity contribution >= 4 is 17.4 Å². The van der Waals surface area contributed by atoms with E-state index in [1.807, 2.05) is 13.8 Å². The van der Waals surface area contributed by atoms with Gasteiger partial charge in [-0.15, -0.1) is 0 Å². The molecule has 0 aromatic heterocycles. The lowest BCUT2D eigenvalue weighted by Crippen LogP contribution is -2.39. The molecule has 0 aliphatic carbocycles. The van der Waals surface area contributed by atoms with Gasteiger partial charge in [0.05, 0.1) is 13.2 Å². The van der Waals surface area contributed by atoms with Crippen LogP contribution in [0.3, 0.4) is 0 Å². The maximum absolute atomic E-state index is 5.19. The molecule has 4 nitrogen and oxygen atoms in total. The second-order valence-electron chi connectivity index (χ2n) is 2.15. The highest BCUT2D eigenvalue weighted by atomic mass is 32.1. The summed E-state index contributed by atoms with van der Waals surface area (Å²) >= 11 is 4.57. The molecule has 0 radical (unpaired) electrons. The molecule has 0 amide bonds. The van der Waals surface area contributed by atoms with Crippen molar-refractivity contribution in [2.75, 3.05) is 13.2 Å². The van der Waals surface area contributed by atoms with Gasteiger partial charge in [0.2, 0.25) is 0 Å². The number of ether oxygens (including phenoxy) is 3. The Morgan fingerprint density at radius 3 is 2.00 bits per heavy atom. The van der Waals surface area contributed by atoms with Crippen molar-refractivity contribution in [2.24, 2.45) is 5.73 Å². The Hall–Kier alpha value is -0.390. The van der Waals surface area contributed by atoms with Gasteiger partial charge in [0, 0.05) is 6.92 Å². The van der Waals surface area contributed by atoms with Gasteiger partial charge in [-0.05, 0) is 26.1 Å². The van der Waals surface area contributed by atoms with Crippen molar-refractivity contribution < 1.29 is 14.2 Å². The van der Waals surface area contributed by atoms with E-state index in [0.29, 0.717) is 13.2 Å². The fraction of sp³-hybridized carbons (Fsp3) is 0.857. The molecule has 0 heterocycles. The van der Waals surface area contributed by atoms with Crippen LogP contribution in [0.1, 0.15) is 20.8 Å². The van der Waals surface area contributed by atoms with Gasteiger partial charge in [0.1, 0.15) is 0 Å². The van der Waals surface area contributed by atoms with E-state index in [0.717, 1.165) is 0 Å². The molecule has 0 bridgehead atoms. The van der Waals surface area contributed by atoms with E-state index < -0.39 is 5.97 Å². The molecule has 0 aromatic rings. The summed E-state index contributed by atoms with van der Waals surface area (Å²) in [5, 5.41) is -0.0839. The van der Waals surface area contributed by atoms with E-state index in [2.05, 4.69) is 12.2 Å². The van der Waals surface area contributed by atoms with Crippen LogP contribution in [-0.4, -0.2) is 24.4 Å². The molecular weight excluding hydrogens is 178 g/mol. The van der Waals surface area contributed by atoms with Crippen LogP contribution < -0.4 is 5.73 Å². The quantitative estimate of drug-likeness (QED) is 0.521. The molecule has 0 saturated heterocycles. The number of nitrogens with two attached hydrogens (primary N) is 1. The van der Waals surface area contributed by atoms with Crippen LogP contribution >= 0.6 is 12.2 Å². The van der Waals surface area contributed by atoms with E-state index in [9.17, 15) is 0 Å². The van der Waals surface area contributed by atoms with Crippen LogP contribution in [0, 0.1) is 0 Å². The third-order valence-electron chi connectivity index (χ3n) is 1.10. The van der Waals surface area contributed by atoms with E-state index in [-0.39, 0.29) is 5.17 Å². The van der Waals surface area contributed by atoms with Crippen molar-refractivity contribution in [2.45, 2.75) is 26.7 Å². The summed E-state index contributed by atoms with van der Waals surface area (Å²) in [5.41, 5.74) is 5.19. The highest BCUT2D eigenvalue weighted by Crippen LogP contribution is 2.13. The van der Waals surface area contributed by atoms with Crippen LogP contribution in [0.15, 0.2) is 0 Å². The molecule has 0 spiro atoms. The minimum Gasteiger partial charge on any atom is -0.414 e. The first-order chi connectivity index (χ1) is 5.54. The summed E-state index contributed by atoms with van der Waals surface area (Å²) in [5.74, 6) is -1.14. The lowest BCUT2D eigenvalue weighted by molar-refractivity contribution is -0.335. The molecule has 0 aliphatic rings. The average molecular weight is 193 g/mol. The number of thiocarbonyl (C=S) groups is 1. The summed E-state index contributed by atoms with van der Waals surface area (Å²) in [7, 11) is 0. The normalized spacial score (nSPS) is 11.2. The summed E-state index contributed by atoms with van der Waals surface area (Å²) in [6.07, 6.45) is 0. The highest BCUT2D eigenvalue weighted by molar-refractivity contribution is 7.80. The smallest absolute Gasteiger partial charge is 0.325 e. The van der Waals surface area contributed by atoms with Gasteiger partial charge in [0.15, 0.2) is 0 Å². The van der Waals surface area contributed by atoms with Crippen molar-refractivity contribution in [3.05, 3.63) is 0 Å². The number of rotatable bonds is 5. The second-order valence-corrected chi connectivity index (χ2v) is 2.55. The van der Waals surface area contributed by atoms with Crippen LogP contribution in [0.25, 0.3) is 0 Å². The molecule has 0 unspecified atom stereocenters.